The highest BCUT2D eigenvalue weighted by molar-refractivity contribution is 6.52. The lowest BCUT2D eigenvalue weighted by molar-refractivity contribution is -0.122. The first-order valence-corrected chi connectivity index (χ1v) is 5.89. The number of carbonyl (C=O) groups excluding carboxylic acids is 3. The molecule has 0 radical (unpaired) electrons. The Bertz CT molecular complexity index is 554. The first kappa shape index (κ1) is 13.1. The fourth-order valence-electron chi connectivity index (χ4n) is 1.95. The van der Waals surface area contributed by atoms with Crippen LogP contribution < -0.4 is 15.0 Å². The molecule has 6 heteroatoms. The van der Waals surface area contributed by atoms with Gasteiger partial charge in [0.2, 0.25) is 5.91 Å². The fraction of sp³-hybridized carbons (Fsp3) is 0.308. The Morgan fingerprint density at radius 1 is 1.37 bits per heavy atom. The van der Waals surface area contributed by atoms with Crippen molar-refractivity contribution in [2.45, 2.75) is 6.92 Å². The van der Waals surface area contributed by atoms with Crippen LogP contribution in [0.5, 0.6) is 5.75 Å². The summed E-state index contributed by atoms with van der Waals surface area (Å²) < 4.78 is 5.06. The van der Waals surface area contributed by atoms with E-state index in [0.717, 1.165) is 0 Å². The average molecular weight is 262 g/mol. The third-order valence-corrected chi connectivity index (χ3v) is 2.86. The van der Waals surface area contributed by atoms with Crippen molar-refractivity contribution < 1.29 is 19.1 Å². The summed E-state index contributed by atoms with van der Waals surface area (Å²) in [6.07, 6.45) is 0. The molecule has 1 aliphatic rings. The summed E-state index contributed by atoms with van der Waals surface area (Å²) in [5.41, 5.74) is 0.718. The topological polar surface area (TPSA) is 75.7 Å². The highest BCUT2D eigenvalue weighted by atomic mass is 16.5. The number of hydrogen-bond donors (Lipinski definition) is 1. The van der Waals surface area contributed by atoms with Gasteiger partial charge in [0.05, 0.1) is 18.4 Å². The lowest BCUT2D eigenvalue weighted by atomic mass is 10.1. The number of ether oxygens (including phenoxy) is 1. The van der Waals surface area contributed by atoms with Crippen molar-refractivity contribution in [1.82, 2.24) is 5.32 Å². The molecule has 0 unspecified atom stereocenters. The second-order valence-electron chi connectivity index (χ2n) is 4.06. The number of Topliss-reactive ketones (excluding diaryl/α,β-unsaturated/α-hetero) is 1. The van der Waals surface area contributed by atoms with Gasteiger partial charge >= 0.3 is 0 Å². The molecule has 0 spiro atoms. The lowest BCUT2D eigenvalue weighted by Gasteiger charge is -2.16. The zero-order valence-electron chi connectivity index (χ0n) is 10.7. The van der Waals surface area contributed by atoms with E-state index < -0.39 is 11.7 Å². The summed E-state index contributed by atoms with van der Waals surface area (Å²) in [5, 5.41) is 2.59. The average Bonchev–Trinajstić information content (AvgIpc) is 2.64. The van der Waals surface area contributed by atoms with Crippen LogP contribution in [-0.2, 0) is 9.59 Å². The van der Waals surface area contributed by atoms with Crippen LogP contribution in [0.2, 0.25) is 0 Å². The van der Waals surface area contributed by atoms with E-state index in [0.29, 0.717) is 23.5 Å². The molecule has 6 nitrogen and oxygen atoms in total. The van der Waals surface area contributed by atoms with Crippen molar-refractivity contribution >= 4 is 23.3 Å². The molecule has 0 saturated heterocycles. The molecule has 19 heavy (non-hydrogen) atoms. The normalized spacial score (nSPS) is 13.5. The van der Waals surface area contributed by atoms with Gasteiger partial charge in [-0.25, -0.2) is 0 Å². The minimum absolute atomic E-state index is 0.168. The van der Waals surface area contributed by atoms with Gasteiger partial charge in [0, 0.05) is 12.6 Å². The third kappa shape index (κ3) is 2.29. The number of anilines is 1. The van der Waals surface area contributed by atoms with E-state index in [4.69, 9.17) is 4.74 Å². The summed E-state index contributed by atoms with van der Waals surface area (Å²) in [5.74, 6) is -1.06. The Kier molecular flexibility index (Phi) is 3.50. The van der Waals surface area contributed by atoms with Gasteiger partial charge in [0.25, 0.3) is 11.7 Å². The first-order chi connectivity index (χ1) is 9.08. The summed E-state index contributed by atoms with van der Waals surface area (Å²) in [6.45, 7) is 2.09. The molecule has 1 aromatic carbocycles. The van der Waals surface area contributed by atoms with Crippen molar-refractivity contribution in [3.05, 3.63) is 23.8 Å². The highest BCUT2D eigenvalue weighted by Gasteiger charge is 2.36. The number of benzene rings is 1. The predicted molar refractivity (Wildman–Crippen MR) is 68.4 cm³/mol. The Balaban J connectivity index is 2.34. The Morgan fingerprint density at radius 3 is 2.74 bits per heavy atom. The molecule has 1 heterocycles. The van der Waals surface area contributed by atoms with Crippen molar-refractivity contribution in [2.24, 2.45) is 0 Å². The monoisotopic (exact) mass is 262 g/mol. The molecule has 2 rings (SSSR count). The maximum atomic E-state index is 11.9. The zero-order valence-corrected chi connectivity index (χ0v) is 10.7. The highest BCUT2D eigenvalue weighted by Crippen LogP contribution is 2.32. The number of likely N-dealkylation sites (N-methyl/N-ethyl adjacent to an activating group) is 1. The largest absolute Gasteiger partial charge is 0.497 e. The van der Waals surface area contributed by atoms with Gasteiger partial charge < -0.3 is 10.1 Å². The molecule has 0 atom stereocenters. The van der Waals surface area contributed by atoms with Gasteiger partial charge in [-0.3, -0.25) is 19.3 Å². The number of nitrogens with zero attached hydrogens (tertiary/aromatic N) is 1. The van der Waals surface area contributed by atoms with Gasteiger partial charge in [-0.05, 0) is 19.1 Å². The molecule has 1 aliphatic heterocycles. The number of ketones is 1. The van der Waals surface area contributed by atoms with E-state index in [2.05, 4.69) is 5.32 Å². The summed E-state index contributed by atoms with van der Waals surface area (Å²) >= 11 is 0. The summed E-state index contributed by atoms with van der Waals surface area (Å²) in [4.78, 5) is 36.4. The Morgan fingerprint density at radius 2 is 2.11 bits per heavy atom. The van der Waals surface area contributed by atoms with E-state index in [1.807, 2.05) is 0 Å². The fourth-order valence-corrected chi connectivity index (χ4v) is 1.95. The van der Waals surface area contributed by atoms with Gasteiger partial charge in [-0.2, -0.15) is 0 Å². The lowest BCUT2D eigenvalue weighted by Crippen LogP contribution is -2.40. The minimum Gasteiger partial charge on any atom is -0.497 e. The van der Waals surface area contributed by atoms with E-state index in [1.54, 1.807) is 19.1 Å². The number of methoxy groups -OCH3 is 1. The number of hydrogen-bond acceptors (Lipinski definition) is 4. The molecular formula is C13H14N2O4. The molecule has 2 amide bonds. The van der Waals surface area contributed by atoms with Crippen LogP contribution >= 0.6 is 0 Å². The molecule has 0 saturated carbocycles. The Hall–Kier alpha value is -2.37. The number of carbonyl (C=O) groups is 3. The van der Waals surface area contributed by atoms with Gasteiger partial charge in [-0.1, -0.05) is 0 Å². The number of fused-ring (bicyclic) bond motifs is 1. The SMILES string of the molecule is CCNC(=O)CN1C(=O)C(=O)c2ccc(OC)cc21. The standard InChI is InChI=1S/C13H14N2O4/c1-3-14-11(16)7-15-10-6-8(19-2)4-5-9(10)12(17)13(15)18/h4-6H,3,7H2,1-2H3,(H,14,16). The summed E-state index contributed by atoms with van der Waals surface area (Å²) in [6, 6.07) is 4.73. The predicted octanol–water partition coefficient (Wildman–Crippen LogP) is 0.361. The quantitative estimate of drug-likeness (QED) is 0.795. The van der Waals surface area contributed by atoms with Crippen LogP contribution in [0.25, 0.3) is 0 Å². The molecule has 0 aromatic heterocycles. The van der Waals surface area contributed by atoms with Crippen molar-refractivity contribution in [1.29, 1.82) is 0 Å². The number of nitrogens with one attached hydrogen (secondary N) is 1. The van der Waals surface area contributed by atoms with Crippen LogP contribution in [0.4, 0.5) is 5.69 Å². The van der Waals surface area contributed by atoms with Crippen LogP contribution in [0.3, 0.4) is 0 Å². The van der Waals surface area contributed by atoms with Crippen LogP contribution in [0, 0.1) is 0 Å². The van der Waals surface area contributed by atoms with Crippen molar-refractivity contribution in [3.63, 3.8) is 0 Å². The Labute approximate surface area is 110 Å². The molecule has 1 N–H and O–H groups in total. The molecule has 1 aromatic rings. The van der Waals surface area contributed by atoms with E-state index in [1.165, 1.54) is 18.1 Å². The van der Waals surface area contributed by atoms with Crippen LogP contribution in [0.1, 0.15) is 17.3 Å². The van der Waals surface area contributed by atoms with Crippen molar-refractivity contribution in [2.75, 3.05) is 25.1 Å². The summed E-state index contributed by atoms with van der Waals surface area (Å²) in [7, 11) is 1.49. The number of amides is 2. The maximum Gasteiger partial charge on any atom is 0.299 e. The van der Waals surface area contributed by atoms with Crippen LogP contribution in [-0.4, -0.2) is 37.8 Å². The maximum absolute atomic E-state index is 11.9. The van der Waals surface area contributed by atoms with Crippen molar-refractivity contribution in [3.8, 4) is 5.75 Å². The van der Waals surface area contributed by atoms with E-state index in [9.17, 15) is 14.4 Å². The van der Waals surface area contributed by atoms with Crippen LogP contribution in [0.15, 0.2) is 18.2 Å². The third-order valence-electron chi connectivity index (χ3n) is 2.86. The molecular weight excluding hydrogens is 248 g/mol. The van der Waals surface area contributed by atoms with Gasteiger partial charge in [0.1, 0.15) is 12.3 Å². The van der Waals surface area contributed by atoms with Gasteiger partial charge in [0.15, 0.2) is 0 Å². The second-order valence-corrected chi connectivity index (χ2v) is 4.06. The molecule has 0 fully saturated rings. The first-order valence-electron chi connectivity index (χ1n) is 5.89. The second kappa shape index (κ2) is 5.09. The van der Waals surface area contributed by atoms with E-state index >= 15 is 0 Å². The molecule has 100 valence electrons. The minimum atomic E-state index is -0.686. The van der Waals surface area contributed by atoms with E-state index in [-0.39, 0.29) is 12.5 Å². The smallest absolute Gasteiger partial charge is 0.299 e. The molecule has 0 bridgehead atoms. The van der Waals surface area contributed by atoms with Gasteiger partial charge in [-0.15, -0.1) is 0 Å². The number of rotatable bonds is 4. The zero-order chi connectivity index (χ0) is 14.0. The molecule has 0 aliphatic carbocycles.